The van der Waals surface area contributed by atoms with Gasteiger partial charge in [-0.15, -0.1) is 0 Å². The molecule has 1 aliphatic rings. The summed E-state index contributed by atoms with van der Waals surface area (Å²) >= 11 is 0. The van der Waals surface area contributed by atoms with Crippen molar-refractivity contribution in [2.45, 2.75) is 19.5 Å². The molecule has 1 amide bonds. The monoisotopic (exact) mass is 402 g/mol. The predicted molar refractivity (Wildman–Crippen MR) is 118 cm³/mol. The Morgan fingerprint density at radius 2 is 1.47 bits per heavy atom. The average Bonchev–Trinajstić information content (AvgIpc) is 2.79. The lowest BCUT2D eigenvalue weighted by Gasteiger charge is -2.39. The Kier molecular flexibility index (Phi) is 6.00. The number of piperazine rings is 1. The first kappa shape index (κ1) is 20.0. The molecule has 0 N–H and O–H groups in total. The zero-order chi connectivity index (χ0) is 20.9. The van der Waals surface area contributed by atoms with E-state index in [-0.39, 0.29) is 11.9 Å². The maximum atomic E-state index is 13.0. The molecule has 154 valence electrons. The number of ether oxygens (including phenoxy) is 2. The quantitative estimate of drug-likeness (QED) is 0.598. The summed E-state index contributed by atoms with van der Waals surface area (Å²) in [5.74, 6) is 2.50. The number of amides is 1. The average molecular weight is 402 g/mol. The fourth-order valence-corrected chi connectivity index (χ4v) is 3.67. The Morgan fingerprint density at radius 3 is 2.13 bits per heavy atom. The van der Waals surface area contributed by atoms with E-state index in [0.29, 0.717) is 6.54 Å². The van der Waals surface area contributed by atoms with Gasteiger partial charge in [0.05, 0.1) is 13.2 Å². The number of hydrogen-bond acceptors (Lipinski definition) is 4. The van der Waals surface area contributed by atoms with Crippen LogP contribution in [0.1, 0.15) is 12.5 Å². The molecule has 0 spiro atoms. The van der Waals surface area contributed by atoms with E-state index in [0.717, 1.165) is 36.0 Å². The predicted octanol–water partition coefficient (Wildman–Crippen LogP) is 4.72. The Labute approximate surface area is 177 Å². The van der Waals surface area contributed by atoms with Crippen molar-refractivity contribution >= 4 is 11.6 Å². The van der Waals surface area contributed by atoms with Crippen molar-refractivity contribution in [3.05, 3.63) is 84.4 Å². The Bertz CT molecular complexity index is 972. The molecule has 3 aromatic rings. The summed E-state index contributed by atoms with van der Waals surface area (Å²) in [5.41, 5.74) is 2.07. The molecular formula is C25H26N2O3. The van der Waals surface area contributed by atoms with Gasteiger partial charge in [0, 0.05) is 25.3 Å². The number of para-hydroxylation sites is 1. The van der Waals surface area contributed by atoms with Crippen molar-refractivity contribution in [3.63, 3.8) is 0 Å². The van der Waals surface area contributed by atoms with E-state index in [1.54, 1.807) is 7.11 Å². The summed E-state index contributed by atoms with van der Waals surface area (Å²) in [7, 11) is 1.66. The van der Waals surface area contributed by atoms with Crippen LogP contribution in [0.5, 0.6) is 17.2 Å². The van der Waals surface area contributed by atoms with Gasteiger partial charge >= 0.3 is 0 Å². The van der Waals surface area contributed by atoms with Gasteiger partial charge in [0.1, 0.15) is 17.2 Å². The minimum atomic E-state index is -0.180. The van der Waals surface area contributed by atoms with E-state index >= 15 is 0 Å². The zero-order valence-corrected chi connectivity index (χ0v) is 17.3. The molecule has 1 atom stereocenters. The number of anilines is 1. The normalized spacial score (nSPS) is 17.1. The van der Waals surface area contributed by atoms with Crippen LogP contribution in [0.4, 0.5) is 5.69 Å². The van der Waals surface area contributed by atoms with Crippen LogP contribution in [-0.2, 0) is 11.3 Å². The summed E-state index contributed by atoms with van der Waals surface area (Å²) in [5, 5.41) is 0. The van der Waals surface area contributed by atoms with Gasteiger partial charge in [-0.3, -0.25) is 9.69 Å². The van der Waals surface area contributed by atoms with Gasteiger partial charge < -0.3 is 14.4 Å². The minimum absolute atomic E-state index is 0.117. The second-order valence-corrected chi connectivity index (χ2v) is 7.39. The van der Waals surface area contributed by atoms with Crippen LogP contribution in [0.2, 0.25) is 0 Å². The molecule has 1 unspecified atom stereocenters. The largest absolute Gasteiger partial charge is 0.497 e. The SMILES string of the molecule is COc1ccc(CN2CCN(c3ccc(Oc4ccccc4)cc3)C(=O)C2C)cc1. The van der Waals surface area contributed by atoms with E-state index in [2.05, 4.69) is 4.90 Å². The first-order valence-corrected chi connectivity index (χ1v) is 10.2. The molecular weight excluding hydrogens is 376 g/mol. The fraction of sp³-hybridized carbons (Fsp3) is 0.240. The lowest BCUT2D eigenvalue weighted by Crippen LogP contribution is -2.55. The number of methoxy groups -OCH3 is 1. The number of carbonyl (C=O) groups is 1. The topological polar surface area (TPSA) is 42.0 Å². The fourth-order valence-electron chi connectivity index (χ4n) is 3.67. The molecule has 4 rings (SSSR count). The molecule has 0 radical (unpaired) electrons. The van der Waals surface area contributed by atoms with Crippen LogP contribution in [0, 0.1) is 0 Å². The number of benzene rings is 3. The molecule has 0 aromatic heterocycles. The van der Waals surface area contributed by atoms with Gasteiger partial charge in [0.15, 0.2) is 0 Å². The van der Waals surface area contributed by atoms with Crippen LogP contribution in [0.25, 0.3) is 0 Å². The second-order valence-electron chi connectivity index (χ2n) is 7.39. The summed E-state index contributed by atoms with van der Waals surface area (Å²) in [6, 6.07) is 25.2. The van der Waals surface area contributed by atoms with Gasteiger partial charge in [-0.05, 0) is 61.0 Å². The summed E-state index contributed by atoms with van der Waals surface area (Å²) in [4.78, 5) is 17.1. The van der Waals surface area contributed by atoms with Gasteiger partial charge in [0.25, 0.3) is 0 Å². The zero-order valence-electron chi connectivity index (χ0n) is 17.3. The molecule has 5 heteroatoms. The molecule has 1 saturated heterocycles. The minimum Gasteiger partial charge on any atom is -0.497 e. The maximum Gasteiger partial charge on any atom is 0.244 e. The van der Waals surface area contributed by atoms with E-state index < -0.39 is 0 Å². The van der Waals surface area contributed by atoms with E-state index in [1.807, 2.05) is 90.7 Å². The van der Waals surface area contributed by atoms with Crippen molar-refractivity contribution in [1.29, 1.82) is 0 Å². The highest BCUT2D eigenvalue weighted by Gasteiger charge is 2.32. The van der Waals surface area contributed by atoms with Crippen LogP contribution < -0.4 is 14.4 Å². The van der Waals surface area contributed by atoms with Crippen LogP contribution >= 0.6 is 0 Å². The van der Waals surface area contributed by atoms with Gasteiger partial charge in [-0.1, -0.05) is 30.3 Å². The van der Waals surface area contributed by atoms with Gasteiger partial charge in [0.2, 0.25) is 5.91 Å². The number of rotatable bonds is 6. The molecule has 0 aliphatic carbocycles. The third-order valence-electron chi connectivity index (χ3n) is 5.45. The maximum absolute atomic E-state index is 13.0. The molecule has 0 bridgehead atoms. The number of hydrogen-bond donors (Lipinski definition) is 0. The van der Waals surface area contributed by atoms with Crippen LogP contribution in [-0.4, -0.2) is 37.0 Å². The van der Waals surface area contributed by atoms with Crippen molar-refractivity contribution < 1.29 is 14.3 Å². The third-order valence-corrected chi connectivity index (χ3v) is 5.45. The standard InChI is InChI=1S/C25H26N2O3/c1-19-25(28)27(17-16-26(19)18-20-8-12-22(29-2)13-9-20)21-10-14-24(15-11-21)30-23-6-4-3-5-7-23/h3-15,19H,16-18H2,1-2H3. The second kappa shape index (κ2) is 9.01. The van der Waals surface area contributed by atoms with Gasteiger partial charge in [-0.2, -0.15) is 0 Å². The van der Waals surface area contributed by atoms with Crippen molar-refractivity contribution in [3.8, 4) is 17.2 Å². The Morgan fingerprint density at radius 1 is 0.833 bits per heavy atom. The molecule has 5 nitrogen and oxygen atoms in total. The molecule has 30 heavy (non-hydrogen) atoms. The number of nitrogens with zero attached hydrogens (tertiary/aromatic N) is 2. The summed E-state index contributed by atoms with van der Waals surface area (Å²) in [6.45, 7) is 4.21. The molecule has 0 saturated carbocycles. The first-order chi connectivity index (χ1) is 14.6. The van der Waals surface area contributed by atoms with Gasteiger partial charge in [-0.25, -0.2) is 0 Å². The molecule has 3 aromatic carbocycles. The Balaban J connectivity index is 1.39. The summed E-state index contributed by atoms with van der Waals surface area (Å²) < 4.78 is 11.1. The van der Waals surface area contributed by atoms with Crippen molar-refractivity contribution in [1.82, 2.24) is 4.90 Å². The highest BCUT2D eigenvalue weighted by atomic mass is 16.5. The lowest BCUT2D eigenvalue weighted by molar-refractivity contribution is -0.125. The number of carbonyl (C=O) groups excluding carboxylic acids is 1. The van der Waals surface area contributed by atoms with Crippen LogP contribution in [0.3, 0.4) is 0 Å². The third kappa shape index (κ3) is 4.47. The molecule has 1 heterocycles. The van der Waals surface area contributed by atoms with Crippen LogP contribution in [0.15, 0.2) is 78.9 Å². The highest BCUT2D eigenvalue weighted by molar-refractivity contribution is 5.97. The van der Waals surface area contributed by atoms with Crippen molar-refractivity contribution in [2.75, 3.05) is 25.1 Å². The molecule has 1 aliphatic heterocycles. The highest BCUT2D eigenvalue weighted by Crippen LogP contribution is 2.27. The first-order valence-electron chi connectivity index (χ1n) is 10.2. The molecule has 1 fully saturated rings. The van der Waals surface area contributed by atoms with Crippen molar-refractivity contribution in [2.24, 2.45) is 0 Å². The summed E-state index contributed by atoms with van der Waals surface area (Å²) in [6.07, 6.45) is 0. The Hall–Kier alpha value is -3.31. The smallest absolute Gasteiger partial charge is 0.244 e. The lowest BCUT2D eigenvalue weighted by atomic mass is 10.1. The van der Waals surface area contributed by atoms with E-state index in [1.165, 1.54) is 5.56 Å². The van der Waals surface area contributed by atoms with E-state index in [9.17, 15) is 4.79 Å². The van der Waals surface area contributed by atoms with E-state index in [4.69, 9.17) is 9.47 Å².